The van der Waals surface area contributed by atoms with Crippen LogP contribution in [0.15, 0.2) is 0 Å². The van der Waals surface area contributed by atoms with Crippen LogP contribution in [0.1, 0.15) is 6.92 Å². The molecule has 0 spiro atoms. The Morgan fingerprint density at radius 3 is 1.78 bits per heavy atom. The molecule has 0 saturated carbocycles. The number of hydrogen-bond acceptors (Lipinski definition) is 1. The fraction of sp³-hybridized carbons (Fsp3) is 1.00. The van der Waals surface area contributed by atoms with E-state index in [0.717, 1.165) is 0 Å². The topological polar surface area (TPSA) is 3.24 Å². The van der Waals surface area contributed by atoms with Gasteiger partial charge >= 0.3 is 6.30 Å². The molecule has 1 nitrogen and oxygen atoms in total. The summed E-state index contributed by atoms with van der Waals surface area (Å²) in [6, 6.07) is 0. The molecule has 5 heteroatoms. The van der Waals surface area contributed by atoms with Gasteiger partial charge in [-0.3, -0.25) is 0 Å². The van der Waals surface area contributed by atoms with E-state index in [0.29, 0.717) is 0 Å². The third-order valence-corrected chi connectivity index (χ3v) is 0.885. The molecule has 0 aliphatic carbocycles. The molecule has 0 aliphatic rings. The fourth-order valence-corrected chi connectivity index (χ4v) is 0.332. The molecule has 0 saturated heterocycles. The van der Waals surface area contributed by atoms with Gasteiger partial charge in [0.1, 0.15) is 6.80 Å². The SMILES string of the molecule is CCN(CF)C(F)(F)F. The molecule has 0 rings (SSSR count). The Balaban J connectivity index is 3.79. The molecule has 0 aliphatic heterocycles. The maximum absolute atomic E-state index is 11.4. The summed E-state index contributed by atoms with van der Waals surface area (Å²) in [5, 5.41) is 0. The predicted molar refractivity (Wildman–Crippen MR) is 24.4 cm³/mol. The molecule has 0 aromatic carbocycles. The normalized spacial score (nSPS) is 12.7. The highest BCUT2D eigenvalue weighted by molar-refractivity contribution is 4.49. The second-order valence-electron chi connectivity index (χ2n) is 1.44. The number of hydrogen-bond donors (Lipinski definition) is 0. The van der Waals surface area contributed by atoms with Crippen LogP contribution in [0, 0.1) is 0 Å². The van der Waals surface area contributed by atoms with Crippen molar-refractivity contribution < 1.29 is 17.6 Å². The van der Waals surface area contributed by atoms with Crippen LogP contribution in [0.2, 0.25) is 0 Å². The second kappa shape index (κ2) is 3.00. The van der Waals surface area contributed by atoms with Crippen LogP contribution in [-0.2, 0) is 0 Å². The predicted octanol–water partition coefficient (Wildman–Crippen LogP) is 1.76. The lowest BCUT2D eigenvalue weighted by Crippen LogP contribution is -2.36. The molecule has 56 valence electrons. The zero-order chi connectivity index (χ0) is 7.49. The minimum atomic E-state index is -4.52. The van der Waals surface area contributed by atoms with Gasteiger partial charge in [-0.15, -0.1) is 0 Å². The van der Waals surface area contributed by atoms with Crippen LogP contribution in [0.4, 0.5) is 17.6 Å². The van der Waals surface area contributed by atoms with Crippen LogP contribution in [-0.4, -0.2) is 24.5 Å². The Labute approximate surface area is 50.3 Å². The molecule has 0 N–H and O–H groups in total. The van der Waals surface area contributed by atoms with Crippen molar-refractivity contribution in [2.45, 2.75) is 13.2 Å². The lowest BCUT2D eigenvalue weighted by molar-refractivity contribution is -0.253. The average Bonchev–Trinajstić information content (AvgIpc) is 1.65. The van der Waals surface area contributed by atoms with Gasteiger partial charge in [0.05, 0.1) is 0 Å². The van der Waals surface area contributed by atoms with Gasteiger partial charge in [-0.1, -0.05) is 6.92 Å². The molecule has 9 heavy (non-hydrogen) atoms. The van der Waals surface area contributed by atoms with E-state index < -0.39 is 13.1 Å². The smallest absolute Gasteiger partial charge is 0.234 e. The summed E-state index contributed by atoms with van der Waals surface area (Å²) >= 11 is 0. The van der Waals surface area contributed by atoms with Crippen LogP contribution < -0.4 is 0 Å². The van der Waals surface area contributed by atoms with Crippen molar-refractivity contribution in [3.05, 3.63) is 0 Å². The van der Waals surface area contributed by atoms with Crippen LogP contribution in [0.25, 0.3) is 0 Å². The average molecular weight is 145 g/mol. The summed E-state index contributed by atoms with van der Waals surface area (Å²) in [6.07, 6.45) is -4.52. The standard InChI is InChI=1S/C4H7F4N/c1-2-9(3-5)4(6,7)8/h2-3H2,1H3. The Kier molecular flexibility index (Phi) is 2.90. The summed E-state index contributed by atoms with van der Waals surface area (Å²) < 4.78 is 45.6. The van der Waals surface area contributed by atoms with Gasteiger partial charge in [0, 0.05) is 6.54 Å². The molecule has 0 amide bonds. The van der Waals surface area contributed by atoms with E-state index in [-0.39, 0.29) is 11.4 Å². The highest BCUT2D eigenvalue weighted by Crippen LogP contribution is 2.19. The van der Waals surface area contributed by atoms with Gasteiger partial charge < -0.3 is 0 Å². The Hall–Kier alpha value is -0.320. The second-order valence-corrected chi connectivity index (χ2v) is 1.44. The zero-order valence-corrected chi connectivity index (χ0v) is 4.87. The minimum Gasteiger partial charge on any atom is -0.234 e. The van der Waals surface area contributed by atoms with Crippen molar-refractivity contribution in [3.63, 3.8) is 0 Å². The Morgan fingerprint density at radius 2 is 1.78 bits per heavy atom. The van der Waals surface area contributed by atoms with Gasteiger partial charge in [0.15, 0.2) is 0 Å². The van der Waals surface area contributed by atoms with Gasteiger partial charge in [0.25, 0.3) is 0 Å². The number of alkyl halides is 4. The molecular formula is C4H7F4N. The number of halogens is 4. The first-order chi connectivity index (χ1) is 4.02. The molecule has 0 fully saturated rings. The maximum atomic E-state index is 11.4. The molecule has 0 aromatic rings. The summed E-state index contributed by atoms with van der Waals surface area (Å²) in [5.74, 6) is 0. The zero-order valence-electron chi connectivity index (χ0n) is 4.87. The van der Waals surface area contributed by atoms with Gasteiger partial charge in [-0.05, 0) is 0 Å². The van der Waals surface area contributed by atoms with E-state index in [9.17, 15) is 17.6 Å². The van der Waals surface area contributed by atoms with E-state index in [1.54, 1.807) is 0 Å². The lowest BCUT2D eigenvalue weighted by atomic mass is 10.6. The van der Waals surface area contributed by atoms with Crippen molar-refractivity contribution in [2.24, 2.45) is 0 Å². The highest BCUT2D eigenvalue weighted by atomic mass is 19.4. The Morgan fingerprint density at radius 1 is 1.33 bits per heavy atom. The first-order valence-corrected chi connectivity index (χ1v) is 2.40. The molecule has 0 aromatic heterocycles. The lowest BCUT2D eigenvalue weighted by Gasteiger charge is -2.18. The monoisotopic (exact) mass is 145 g/mol. The minimum absolute atomic E-state index is 0.229. The van der Waals surface area contributed by atoms with E-state index >= 15 is 0 Å². The molecule has 0 heterocycles. The van der Waals surface area contributed by atoms with E-state index in [1.807, 2.05) is 0 Å². The van der Waals surface area contributed by atoms with Crippen LogP contribution in [0.3, 0.4) is 0 Å². The summed E-state index contributed by atoms with van der Waals surface area (Å²) in [6.45, 7) is -0.576. The van der Waals surface area contributed by atoms with Crippen molar-refractivity contribution in [1.82, 2.24) is 4.90 Å². The van der Waals surface area contributed by atoms with Crippen LogP contribution in [0.5, 0.6) is 0 Å². The molecule has 0 bridgehead atoms. The maximum Gasteiger partial charge on any atom is 0.462 e. The molecular weight excluding hydrogens is 138 g/mol. The van der Waals surface area contributed by atoms with E-state index in [4.69, 9.17) is 0 Å². The van der Waals surface area contributed by atoms with E-state index in [1.165, 1.54) is 6.92 Å². The first kappa shape index (κ1) is 8.68. The summed E-state index contributed by atoms with van der Waals surface area (Å²) in [5.41, 5.74) is 0. The quantitative estimate of drug-likeness (QED) is 0.422. The van der Waals surface area contributed by atoms with Crippen molar-refractivity contribution in [1.29, 1.82) is 0 Å². The third kappa shape index (κ3) is 2.64. The van der Waals surface area contributed by atoms with Crippen molar-refractivity contribution in [3.8, 4) is 0 Å². The highest BCUT2D eigenvalue weighted by Gasteiger charge is 2.35. The third-order valence-electron chi connectivity index (χ3n) is 0.885. The fourth-order valence-electron chi connectivity index (χ4n) is 0.332. The number of nitrogens with zero attached hydrogens (tertiary/aromatic N) is 1. The van der Waals surface area contributed by atoms with Gasteiger partial charge in [0.2, 0.25) is 0 Å². The van der Waals surface area contributed by atoms with Crippen LogP contribution >= 0.6 is 0 Å². The molecule has 0 radical (unpaired) electrons. The summed E-state index contributed by atoms with van der Waals surface area (Å²) in [4.78, 5) is -0.229. The Bertz CT molecular complexity index is 75.1. The first-order valence-electron chi connectivity index (χ1n) is 2.40. The molecule has 0 atom stereocenters. The van der Waals surface area contributed by atoms with Gasteiger partial charge in [-0.25, -0.2) is 4.39 Å². The largest absolute Gasteiger partial charge is 0.462 e. The van der Waals surface area contributed by atoms with E-state index in [2.05, 4.69) is 0 Å². The van der Waals surface area contributed by atoms with Crippen molar-refractivity contribution >= 4 is 0 Å². The molecule has 0 unspecified atom stereocenters. The summed E-state index contributed by atoms with van der Waals surface area (Å²) in [7, 11) is 0. The number of rotatable bonds is 2. The van der Waals surface area contributed by atoms with Gasteiger partial charge in [-0.2, -0.15) is 18.1 Å². The van der Waals surface area contributed by atoms with Crippen molar-refractivity contribution in [2.75, 3.05) is 13.3 Å².